The van der Waals surface area contributed by atoms with Crippen molar-refractivity contribution in [3.8, 4) is 11.8 Å². The van der Waals surface area contributed by atoms with Gasteiger partial charge in [-0.25, -0.2) is 4.79 Å². The monoisotopic (exact) mass is 344 g/mol. The highest BCUT2D eigenvalue weighted by molar-refractivity contribution is 5.91. The fraction of sp³-hybridized carbons (Fsp3) is 0.579. The van der Waals surface area contributed by atoms with E-state index in [1.165, 1.54) is 0 Å². The van der Waals surface area contributed by atoms with Gasteiger partial charge in [-0.05, 0) is 77.9 Å². The van der Waals surface area contributed by atoms with Crippen LogP contribution in [0.2, 0.25) is 0 Å². The molecule has 1 aliphatic heterocycles. The molecule has 1 saturated heterocycles. The molecule has 0 spiro atoms. The number of hydrogen-bond donors (Lipinski definition) is 2. The van der Waals surface area contributed by atoms with Gasteiger partial charge in [-0.2, -0.15) is 5.26 Å². The lowest BCUT2D eigenvalue weighted by atomic mass is 9.91. The first-order valence-corrected chi connectivity index (χ1v) is 8.86. The van der Waals surface area contributed by atoms with Crippen molar-refractivity contribution in [3.05, 3.63) is 23.8 Å². The molecule has 1 aromatic rings. The minimum atomic E-state index is -0.268. The Labute approximate surface area is 150 Å². The van der Waals surface area contributed by atoms with Gasteiger partial charge in [0.1, 0.15) is 5.75 Å². The minimum absolute atomic E-state index is 0.0188. The number of benzene rings is 1. The molecular formula is C19H28N4O2. The predicted molar refractivity (Wildman–Crippen MR) is 98.8 cm³/mol. The maximum atomic E-state index is 12.4. The zero-order chi connectivity index (χ0) is 18.4. The first-order valence-electron chi connectivity index (χ1n) is 8.86. The molecule has 136 valence electrons. The van der Waals surface area contributed by atoms with Crippen LogP contribution in [0, 0.1) is 17.2 Å². The average molecular weight is 344 g/mol. The topological polar surface area (TPSA) is 77.4 Å². The number of likely N-dealkylation sites (tertiary alicyclic amines) is 1. The molecule has 0 bridgehead atoms. The smallest absolute Gasteiger partial charge is 0.319 e. The molecule has 2 N–H and O–H groups in total. The number of ether oxygens (including phenoxy) is 1. The third-order valence-corrected chi connectivity index (χ3v) is 4.55. The van der Waals surface area contributed by atoms with Gasteiger partial charge in [0.05, 0.1) is 23.4 Å². The van der Waals surface area contributed by atoms with E-state index in [0.29, 0.717) is 22.9 Å². The van der Waals surface area contributed by atoms with E-state index in [0.717, 1.165) is 25.9 Å². The van der Waals surface area contributed by atoms with Crippen LogP contribution < -0.4 is 15.4 Å². The molecule has 1 atom stereocenters. The first kappa shape index (κ1) is 19.1. The summed E-state index contributed by atoms with van der Waals surface area (Å²) < 4.78 is 5.72. The van der Waals surface area contributed by atoms with E-state index in [1.54, 1.807) is 18.2 Å². The highest BCUT2D eigenvalue weighted by atomic mass is 16.5. The summed E-state index contributed by atoms with van der Waals surface area (Å²) in [7, 11) is 2.12. The van der Waals surface area contributed by atoms with Crippen molar-refractivity contribution in [1.82, 2.24) is 10.2 Å². The number of piperidine rings is 1. The summed E-state index contributed by atoms with van der Waals surface area (Å²) in [6.07, 6.45) is 2.15. The van der Waals surface area contributed by atoms with Crippen LogP contribution >= 0.6 is 0 Å². The lowest BCUT2D eigenvalue weighted by Gasteiger charge is -2.33. The fourth-order valence-corrected chi connectivity index (χ4v) is 3.07. The molecule has 1 aromatic carbocycles. The summed E-state index contributed by atoms with van der Waals surface area (Å²) in [5.74, 6) is 1.05. The Hall–Kier alpha value is -2.26. The molecule has 0 radical (unpaired) electrons. The number of amides is 2. The van der Waals surface area contributed by atoms with Gasteiger partial charge in [0.15, 0.2) is 0 Å². The van der Waals surface area contributed by atoms with Crippen molar-refractivity contribution in [3.63, 3.8) is 0 Å². The number of nitrogens with one attached hydrogen (secondary N) is 2. The molecule has 25 heavy (non-hydrogen) atoms. The molecular weight excluding hydrogens is 316 g/mol. The van der Waals surface area contributed by atoms with Gasteiger partial charge < -0.3 is 20.3 Å². The van der Waals surface area contributed by atoms with Crippen LogP contribution in [-0.4, -0.2) is 43.2 Å². The zero-order valence-corrected chi connectivity index (χ0v) is 15.5. The second-order valence-electron chi connectivity index (χ2n) is 7.02. The standard InChI is InChI=1S/C19H28N4O2/c1-13(2)25-18-6-5-15(12-20)11-17(18)22-19(24)21-14(3)16-7-9-23(4)10-8-16/h5-6,11,13-14,16H,7-10H2,1-4H3,(H2,21,22,24)/t14-/m0/s1. The first-order chi connectivity index (χ1) is 11.9. The number of rotatable bonds is 5. The van der Waals surface area contributed by atoms with Crippen LogP contribution in [0.15, 0.2) is 18.2 Å². The quantitative estimate of drug-likeness (QED) is 0.860. The third kappa shape index (κ3) is 5.64. The van der Waals surface area contributed by atoms with Crippen molar-refractivity contribution in [2.24, 2.45) is 5.92 Å². The minimum Gasteiger partial charge on any atom is -0.489 e. The molecule has 0 unspecified atom stereocenters. The largest absolute Gasteiger partial charge is 0.489 e. The van der Waals surface area contributed by atoms with Crippen LogP contribution in [-0.2, 0) is 0 Å². The molecule has 1 heterocycles. The van der Waals surface area contributed by atoms with E-state index in [9.17, 15) is 4.79 Å². The molecule has 2 amide bonds. The number of hydrogen-bond acceptors (Lipinski definition) is 4. The average Bonchev–Trinajstić information content (AvgIpc) is 2.56. The Kier molecular flexibility index (Phi) is 6.65. The van der Waals surface area contributed by atoms with Crippen LogP contribution in [0.25, 0.3) is 0 Å². The van der Waals surface area contributed by atoms with E-state index in [-0.39, 0.29) is 18.2 Å². The van der Waals surface area contributed by atoms with Gasteiger partial charge in [-0.1, -0.05) is 0 Å². The number of carbonyl (C=O) groups excluding carboxylic acids is 1. The molecule has 2 rings (SSSR count). The molecule has 6 nitrogen and oxygen atoms in total. The number of nitrogens with zero attached hydrogens (tertiary/aromatic N) is 2. The Balaban J connectivity index is 2.00. The fourth-order valence-electron chi connectivity index (χ4n) is 3.07. The second kappa shape index (κ2) is 8.72. The normalized spacial score (nSPS) is 17.0. The van der Waals surface area contributed by atoms with E-state index in [1.807, 2.05) is 20.8 Å². The Morgan fingerprint density at radius 1 is 1.32 bits per heavy atom. The van der Waals surface area contributed by atoms with Gasteiger partial charge in [-0.15, -0.1) is 0 Å². The van der Waals surface area contributed by atoms with E-state index in [2.05, 4.69) is 28.7 Å². The number of anilines is 1. The Bertz CT molecular complexity index is 631. The van der Waals surface area contributed by atoms with Gasteiger partial charge in [0.25, 0.3) is 0 Å². The maximum Gasteiger partial charge on any atom is 0.319 e. The molecule has 0 aromatic heterocycles. The van der Waals surface area contributed by atoms with Crippen molar-refractivity contribution in [2.45, 2.75) is 45.8 Å². The zero-order valence-electron chi connectivity index (χ0n) is 15.5. The molecule has 1 aliphatic rings. The van der Waals surface area contributed by atoms with Crippen molar-refractivity contribution in [1.29, 1.82) is 5.26 Å². The summed E-state index contributed by atoms with van der Waals surface area (Å²) in [6.45, 7) is 8.02. The van der Waals surface area contributed by atoms with E-state index in [4.69, 9.17) is 10.00 Å². The molecule has 0 saturated carbocycles. The van der Waals surface area contributed by atoms with Crippen molar-refractivity contribution < 1.29 is 9.53 Å². The lowest BCUT2D eigenvalue weighted by Crippen LogP contribution is -2.44. The predicted octanol–water partition coefficient (Wildman–Crippen LogP) is 3.20. The van der Waals surface area contributed by atoms with E-state index >= 15 is 0 Å². The molecule has 0 aliphatic carbocycles. The summed E-state index contributed by atoms with van der Waals surface area (Å²) in [5.41, 5.74) is 0.996. The van der Waals surface area contributed by atoms with Crippen LogP contribution in [0.4, 0.5) is 10.5 Å². The number of urea groups is 1. The summed E-state index contributed by atoms with van der Waals surface area (Å²) in [5, 5.41) is 14.9. The van der Waals surface area contributed by atoms with Gasteiger partial charge in [0, 0.05) is 6.04 Å². The highest BCUT2D eigenvalue weighted by Gasteiger charge is 2.23. The van der Waals surface area contributed by atoms with Crippen LogP contribution in [0.5, 0.6) is 5.75 Å². The van der Waals surface area contributed by atoms with Gasteiger partial charge in [-0.3, -0.25) is 0 Å². The third-order valence-electron chi connectivity index (χ3n) is 4.55. The van der Waals surface area contributed by atoms with Gasteiger partial charge in [0.2, 0.25) is 0 Å². The maximum absolute atomic E-state index is 12.4. The summed E-state index contributed by atoms with van der Waals surface area (Å²) >= 11 is 0. The number of carbonyl (C=O) groups is 1. The van der Waals surface area contributed by atoms with Crippen LogP contribution in [0.3, 0.4) is 0 Å². The van der Waals surface area contributed by atoms with Crippen molar-refractivity contribution in [2.75, 3.05) is 25.5 Å². The SMILES string of the molecule is CC(C)Oc1ccc(C#N)cc1NC(=O)N[C@@H](C)C1CCN(C)CC1. The summed E-state index contributed by atoms with van der Waals surface area (Å²) in [4.78, 5) is 14.7. The highest BCUT2D eigenvalue weighted by Crippen LogP contribution is 2.27. The second-order valence-corrected chi connectivity index (χ2v) is 7.02. The van der Waals surface area contributed by atoms with Crippen LogP contribution in [0.1, 0.15) is 39.2 Å². The van der Waals surface area contributed by atoms with E-state index < -0.39 is 0 Å². The number of nitriles is 1. The van der Waals surface area contributed by atoms with Gasteiger partial charge >= 0.3 is 6.03 Å². The molecule has 1 fully saturated rings. The Morgan fingerprint density at radius 3 is 2.60 bits per heavy atom. The molecule has 6 heteroatoms. The Morgan fingerprint density at radius 2 is 2.00 bits per heavy atom. The summed E-state index contributed by atoms with van der Waals surface area (Å²) in [6, 6.07) is 6.95. The van der Waals surface area contributed by atoms with Crippen molar-refractivity contribution >= 4 is 11.7 Å². The lowest BCUT2D eigenvalue weighted by molar-refractivity contribution is 0.189.